The van der Waals surface area contributed by atoms with Gasteiger partial charge in [-0.3, -0.25) is 0 Å². The molecule has 1 rings (SSSR count). The molecule has 0 radical (unpaired) electrons. The summed E-state index contributed by atoms with van der Waals surface area (Å²) in [6.07, 6.45) is 1.67. The number of nitrogens with zero attached hydrogens (tertiary/aromatic N) is 1. The van der Waals surface area contributed by atoms with Crippen LogP contribution in [0.15, 0.2) is 16.7 Å². The molecule has 14 heavy (non-hydrogen) atoms. The zero-order valence-corrected chi connectivity index (χ0v) is 10.2. The number of hydrogen-bond acceptors (Lipinski definition) is 3. The molecule has 3 nitrogen and oxygen atoms in total. The third kappa shape index (κ3) is 3.27. The van der Waals surface area contributed by atoms with Crippen LogP contribution >= 0.6 is 15.9 Å². The second kappa shape index (κ2) is 4.28. The lowest BCUT2D eigenvalue weighted by Crippen LogP contribution is -2.26. The highest BCUT2D eigenvalue weighted by Gasteiger charge is 2.12. The van der Waals surface area contributed by atoms with Crippen LogP contribution in [0.5, 0.6) is 0 Å². The van der Waals surface area contributed by atoms with E-state index in [0.717, 1.165) is 15.9 Å². The molecule has 0 saturated carbocycles. The van der Waals surface area contributed by atoms with Crippen molar-refractivity contribution in [1.29, 1.82) is 0 Å². The van der Waals surface area contributed by atoms with Gasteiger partial charge in [0.15, 0.2) is 0 Å². The number of rotatable bonds is 2. The van der Waals surface area contributed by atoms with Crippen molar-refractivity contribution < 1.29 is 5.11 Å². The second-order valence-electron chi connectivity index (χ2n) is 4.21. The molecule has 0 aromatic carbocycles. The quantitative estimate of drug-likeness (QED) is 0.857. The number of nitrogens with one attached hydrogen (secondary N) is 1. The highest BCUT2D eigenvalue weighted by Crippen LogP contribution is 2.23. The van der Waals surface area contributed by atoms with Crippen LogP contribution < -0.4 is 5.32 Å². The lowest BCUT2D eigenvalue weighted by Gasteiger charge is -2.22. The zero-order valence-electron chi connectivity index (χ0n) is 8.63. The maximum atomic E-state index is 8.90. The number of aliphatic hydroxyl groups is 1. The first-order valence-corrected chi connectivity index (χ1v) is 5.25. The van der Waals surface area contributed by atoms with Gasteiger partial charge in [-0.1, -0.05) is 0 Å². The first-order chi connectivity index (χ1) is 6.42. The Morgan fingerprint density at radius 3 is 2.57 bits per heavy atom. The molecule has 0 amide bonds. The molecule has 0 spiro atoms. The summed E-state index contributed by atoms with van der Waals surface area (Å²) in [4.78, 5) is 4.22. The molecular formula is C10H15BrN2O. The highest BCUT2D eigenvalue weighted by atomic mass is 79.9. The van der Waals surface area contributed by atoms with E-state index in [1.165, 1.54) is 0 Å². The largest absolute Gasteiger partial charge is 0.392 e. The molecule has 0 aliphatic rings. The minimum absolute atomic E-state index is 0.0153. The summed E-state index contributed by atoms with van der Waals surface area (Å²) in [5.74, 6) is 0.801. The fourth-order valence-electron chi connectivity index (χ4n) is 1.01. The van der Waals surface area contributed by atoms with Crippen molar-refractivity contribution in [2.45, 2.75) is 32.9 Å². The number of pyridine rings is 1. The number of halogens is 1. The molecule has 1 aromatic rings. The molecule has 0 atom stereocenters. The van der Waals surface area contributed by atoms with Gasteiger partial charge >= 0.3 is 0 Å². The number of aromatic nitrogens is 1. The van der Waals surface area contributed by atoms with E-state index in [9.17, 15) is 0 Å². The van der Waals surface area contributed by atoms with Crippen LogP contribution in [0, 0.1) is 0 Å². The van der Waals surface area contributed by atoms with Crippen molar-refractivity contribution >= 4 is 21.7 Å². The Morgan fingerprint density at radius 1 is 1.50 bits per heavy atom. The van der Waals surface area contributed by atoms with Gasteiger partial charge in [-0.2, -0.15) is 0 Å². The molecular weight excluding hydrogens is 244 g/mol. The van der Waals surface area contributed by atoms with E-state index < -0.39 is 0 Å². The molecule has 0 saturated heterocycles. The highest BCUT2D eigenvalue weighted by molar-refractivity contribution is 9.10. The van der Waals surface area contributed by atoms with Crippen LogP contribution in [0.3, 0.4) is 0 Å². The van der Waals surface area contributed by atoms with Crippen LogP contribution in [-0.4, -0.2) is 15.6 Å². The van der Waals surface area contributed by atoms with Crippen LogP contribution in [0.25, 0.3) is 0 Å². The third-order valence-electron chi connectivity index (χ3n) is 1.57. The minimum atomic E-state index is -0.0176. The Hall–Kier alpha value is -0.610. The summed E-state index contributed by atoms with van der Waals surface area (Å²) in [6.45, 7) is 6.23. The second-order valence-corrected chi connectivity index (χ2v) is 5.06. The molecule has 0 unspecified atom stereocenters. The van der Waals surface area contributed by atoms with E-state index in [1.807, 2.05) is 6.07 Å². The van der Waals surface area contributed by atoms with Gasteiger partial charge in [0.25, 0.3) is 0 Å². The molecule has 2 N–H and O–H groups in total. The van der Waals surface area contributed by atoms with Gasteiger partial charge in [0.05, 0.1) is 11.1 Å². The topological polar surface area (TPSA) is 45.2 Å². The van der Waals surface area contributed by atoms with Crippen LogP contribution in [0.4, 0.5) is 5.82 Å². The number of anilines is 1. The van der Waals surface area contributed by atoms with Gasteiger partial charge in [-0.05, 0) is 48.3 Å². The fourth-order valence-corrected chi connectivity index (χ4v) is 1.51. The fraction of sp³-hybridized carbons (Fsp3) is 0.500. The molecule has 1 heterocycles. The van der Waals surface area contributed by atoms with E-state index in [-0.39, 0.29) is 12.1 Å². The maximum absolute atomic E-state index is 8.90. The summed E-state index contributed by atoms with van der Waals surface area (Å²) < 4.78 is 0.874. The molecule has 0 aliphatic carbocycles. The maximum Gasteiger partial charge on any atom is 0.140 e. The smallest absolute Gasteiger partial charge is 0.140 e. The zero-order chi connectivity index (χ0) is 10.8. The van der Waals surface area contributed by atoms with E-state index in [2.05, 4.69) is 47.0 Å². The van der Waals surface area contributed by atoms with E-state index >= 15 is 0 Å². The first-order valence-electron chi connectivity index (χ1n) is 4.46. The summed E-state index contributed by atoms with van der Waals surface area (Å²) >= 11 is 3.40. The van der Waals surface area contributed by atoms with Crippen LogP contribution in [0.2, 0.25) is 0 Å². The average molecular weight is 259 g/mol. The van der Waals surface area contributed by atoms with Gasteiger partial charge < -0.3 is 10.4 Å². The van der Waals surface area contributed by atoms with E-state index in [1.54, 1.807) is 6.20 Å². The Morgan fingerprint density at radius 2 is 2.14 bits per heavy atom. The van der Waals surface area contributed by atoms with E-state index in [0.29, 0.717) is 0 Å². The lowest BCUT2D eigenvalue weighted by atomic mass is 10.1. The molecule has 4 heteroatoms. The number of aliphatic hydroxyl groups excluding tert-OH is 1. The van der Waals surface area contributed by atoms with Crippen LogP contribution in [0.1, 0.15) is 26.3 Å². The first kappa shape index (κ1) is 11.5. The normalized spacial score (nSPS) is 11.5. The molecule has 0 fully saturated rings. The van der Waals surface area contributed by atoms with Crippen molar-refractivity contribution in [3.8, 4) is 0 Å². The summed E-state index contributed by atoms with van der Waals surface area (Å²) in [5, 5.41) is 12.2. The van der Waals surface area contributed by atoms with Crippen molar-refractivity contribution in [2.75, 3.05) is 5.32 Å². The van der Waals surface area contributed by atoms with Gasteiger partial charge in [0, 0.05) is 11.7 Å². The Balaban J connectivity index is 2.89. The monoisotopic (exact) mass is 258 g/mol. The molecule has 0 aliphatic heterocycles. The Kier molecular flexibility index (Phi) is 3.50. The summed E-state index contributed by atoms with van der Waals surface area (Å²) in [5.41, 5.74) is 0.785. The Bertz CT molecular complexity index is 320. The summed E-state index contributed by atoms with van der Waals surface area (Å²) in [6, 6.07) is 1.86. The third-order valence-corrected chi connectivity index (χ3v) is 2.18. The summed E-state index contributed by atoms with van der Waals surface area (Å²) in [7, 11) is 0. The van der Waals surface area contributed by atoms with Gasteiger partial charge in [0.1, 0.15) is 5.82 Å². The Labute approximate surface area is 92.7 Å². The predicted molar refractivity (Wildman–Crippen MR) is 61.2 cm³/mol. The van der Waals surface area contributed by atoms with Gasteiger partial charge in [-0.15, -0.1) is 0 Å². The molecule has 0 bridgehead atoms. The van der Waals surface area contributed by atoms with Gasteiger partial charge in [0.2, 0.25) is 0 Å². The standard InChI is InChI=1S/C10H15BrN2O/c1-10(2,3)13-9-8(11)4-7(6-14)5-12-9/h4-5,14H,6H2,1-3H3,(H,12,13). The van der Waals surface area contributed by atoms with Crippen molar-refractivity contribution in [2.24, 2.45) is 0 Å². The van der Waals surface area contributed by atoms with E-state index in [4.69, 9.17) is 5.11 Å². The number of hydrogen-bond donors (Lipinski definition) is 2. The molecule has 1 aromatic heterocycles. The SMILES string of the molecule is CC(C)(C)Nc1ncc(CO)cc1Br. The van der Waals surface area contributed by atoms with Crippen molar-refractivity contribution in [1.82, 2.24) is 4.98 Å². The van der Waals surface area contributed by atoms with Gasteiger partial charge in [-0.25, -0.2) is 4.98 Å². The average Bonchev–Trinajstić information content (AvgIpc) is 2.06. The molecule has 78 valence electrons. The van der Waals surface area contributed by atoms with Crippen LogP contribution in [-0.2, 0) is 6.61 Å². The lowest BCUT2D eigenvalue weighted by molar-refractivity contribution is 0.281. The predicted octanol–water partition coefficient (Wildman–Crippen LogP) is 2.55. The minimum Gasteiger partial charge on any atom is -0.392 e. The van der Waals surface area contributed by atoms with Crippen molar-refractivity contribution in [3.05, 3.63) is 22.3 Å². The van der Waals surface area contributed by atoms with Crippen molar-refractivity contribution in [3.63, 3.8) is 0 Å².